The predicted octanol–water partition coefficient (Wildman–Crippen LogP) is 12.6. The van der Waals surface area contributed by atoms with Crippen molar-refractivity contribution in [3.8, 4) is 44.9 Å². The van der Waals surface area contributed by atoms with Crippen molar-refractivity contribution in [2.24, 2.45) is 0 Å². The zero-order valence-electron chi connectivity index (χ0n) is 40.3. The van der Waals surface area contributed by atoms with Crippen molar-refractivity contribution in [3.63, 3.8) is 0 Å². The van der Waals surface area contributed by atoms with Crippen LogP contribution >= 0.6 is 0 Å². The number of rotatable bonds is 12. The van der Waals surface area contributed by atoms with Gasteiger partial charge in [0, 0.05) is 77.5 Å². The molecule has 6 rings (SSSR count). The minimum absolute atomic E-state index is 0.179. The van der Waals surface area contributed by atoms with Gasteiger partial charge >= 0.3 is 0 Å². The van der Waals surface area contributed by atoms with Gasteiger partial charge in [0.2, 0.25) is 0 Å². The van der Waals surface area contributed by atoms with Gasteiger partial charge in [-0.1, -0.05) is 148 Å². The first kappa shape index (κ1) is 58.7. The third-order valence-corrected chi connectivity index (χ3v) is 9.39. The average Bonchev–Trinajstić information content (AvgIpc) is 3.37. The number of methoxy groups -OCH3 is 3. The summed E-state index contributed by atoms with van der Waals surface area (Å²) < 4.78 is 13.6. The predicted molar refractivity (Wildman–Crippen MR) is 269 cm³/mol. The van der Waals surface area contributed by atoms with E-state index in [1.54, 1.807) is 33.5 Å². The average molecular weight is 879 g/mol. The molecule has 0 aliphatic heterocycles. The lowest BCUT2D eigenvalue weighted by Gasteiger charge is -2.34. The van der Waals surface area contributed by atoms with Gasteiger partial charge in [-0.25, -0.2) is 0 Å². The first-order valence-corrected chi connectivity index (χ1v) is 22.3. The largest absolute Gasteiger partial charge is 0.508 e. The molecule has 64 heavy (non-hydrogen) atoms. The molecule has 350 valence electrons. The summed E-state index contributed by atoms with van der Waals surface area (Å²) in [6.45, 7) is 17.2. The molecular formula is C56H78O8. The van der Waals surface area contributed by atoms with E-state index in [1.807, 2.05) is 120 Å². The Morgan fingerprint density at radius 2 is 0.609 bits per heavy atom. The highest BCUT2D eigenvalue weighted by Crippen LogP contribution is 2.48. The maximum Gasteiger partial charge on any atom is 0.120 e. The lowest BCUT2D eigenvalue weighted by atomic mass is 9.69. The van der Waals surface area contributed by atoms with Crippen LogP contribution in [0.15, 0.2) is 152 Å². The van der Waals surface area contributed by atoms with Gasteiger partial charge in [0.15, 0.2) is 0 Å². The van der Waals surface area contributed by atoms with Gasteiger partial charge in [0.25, 0.3) is 0 Å². The first-order valence-electron chi connectivity index (χ1n) is 22.3. The van der Waals surface area contributed by atoms with E-state index < -0.39 is 5.41 Å². The van der Waals surface area contributed by atoms with Gasteiger partial charge in [-0.3, -0.25) is 0 Å². The molecule has 5 N–H and O–H groups in total. The number of ether oxygens (including phenoxy) is 3. The van der Waals surface area contributed by atoms with E-state index in [1.165, 1.54) is 0 Å². The summed E-state index contributed by atoms with van der Waals surface area (Å²) in [5.74, 6) is 0.359. The van der Waals surface area contributed by atoms with Crippen LogP contribution in [-0.2, 0) is 19.6 Å². The second kappa shape index (κ2) is 37.1. The van der Waals surface area contributed by atoms with Crippen LogP contribution in [0.4, 0.5) is 0 Å². The summed E-state index contributed by atoms with van der Waals surface area (Å²) >= 11 is 0. The van der Waals surface area contributed by atoms with Crippen LogP contribution in [0.2, 0.25) is 0 Å². The molecule has 0 atom stereocenters. The number of hydrogen-bond acceptors (Lipinski definition) is 8. The lowest BCUT2D eigenvalue weighted by molar-refractivity contribution is 0.215. The molecule has 0 aliphatic carbocycles. The molecule has 0 bridgehead atoms. The van der Waals surface area contributed by atoms with Crippen molar-refractivity contribution in [3.05, 3.63) is 168 Å². The Bertz CT molecular complexity index is 1840. The number of phenolic OH excluding ortho intramolecular Hbond substituents is 2. The maximum absolute atomic E-state index is 11.4. The molecule has 8 nitrogen and oxygen atoms in total. The molecule has 0 saturated carbocycles. The zero-order valence-corrected chi connectivity index (χ0v) is 40.3. The van der Waals surface area contributed by atoms with Crippen LogP contribution in [0.25, 0.3) is 33.4 Å². The third kappa shape index (κ3) is 21.4. The van der Waals surface area contributed by atoms with Crippen molar-refractivity contribution in [2.45, 2.75) is 73.1 Å². The minimum Gasteiger partial charge on any atom is -0.508 e. The highest BCUT2D eigenvalue weighted by molar-refractivity contribution is 5.73. The molecular weight excluding hydrogens is 801 g/mol. The highest BCUT2D eigenvalue weighted by atomic mass is 16.5. The second-order valence-electron chi connectivity index (χ2n) is 14.2. The van der Waals surface area contributed by atoms with Crippen LogP contribution in [0.5, 0.6) is 11.5 Å². The van der Waals surface area contributed by atoms with E-state index in [4.69, 9.17) is 15.3 Å². The Balaban J connectivity index is 0.00000137. The van der Waals surface area contributed by atoms with Crippen molar-refractivity contribution in [1.82, 2.24) is 0 Å². The highest BCUT2D eigenvalue weighted by Gasteiger charge is 2.36. The topological polar surface area (TPSA) is 129 Å². The summed E-state index contributed by atoms with van der Waals surface area (Å²) in [7, 11) is 5.04. The standard InChI is InChI=1S/C38H30O2.6C3H8O/c1-38(33-21-17-30(18-22-33)27-11-5-2-6-12-27,34-25-31(19-23-36(34)39)28-13-7-3-8-14-28)35-26-32(20-24-37(35)40)29-15-9-4-10-16-29;3*1-3-4-2;3*1-2-3-4/h2-26,39-40H,1H3;3*3H2,1-2H3;3*4H,2-3H2,1H3. The monoisotopic (exact) mass is 879 g/mol. The molecule has 0 spiro atoms. The van der Waals surface area contributed by atoms with Gasteiger partial charge in [0.05, 0.1) is 0 Å². The molecule has 0 aliphatic rings. The molecule has 0 fully saturated rings. The second-order valence-corrected chi connectivity index (χ2v) is 14.2. The molecule has 8 heteroatoms. The molecule has 6 aromatic carbocycles. The van der Waals surface area contributed by atoms with Crippen LogP contribution in [0, 0.1) is 0 Å². The van der Waals surface area contributed by atoms with Gasteiger partial charge in [-0.2, -0.15) is 0 Å². The van der Waals surface area contributed by atoms with Crippen molar-refractivity contribution in [1.29, 1.82) is 0 Å². The first-order chi connectivity index (χ1) is 31.0. The van der Waals surface area contributed by atoms with E-state index in [2.05, 4.69) is 81.8 Å². The fourth-order valence-electron chi connectivity index (χ4n) is 5.58. The molecule has 0 saturated heterocycles. The fraction of sp³-hybridized carbons (Fsp3) is 0.357. The Morgan fingerprint density at radius 1 is 0.375 bits per heavy atom. The van der Waals surface area contributed by atoms with Gasteiger partial charge in [0.1, 0.15) is 11.5 Å². The summed E-state index contributed by atoms with van der Waals surface area (Å²) in [4.78, 5) is 0. The maximum atomic E-state index is 11.4. The molecule has 0 unspecified atom stereocenters. The van der Waals surface area contributed by atoms with Crippen LogP contribution in [-0.4, -0.2) is 86.5 Å². The SMILES string of the molecule is CC(c1ccc(-c2ccccc2)cc1)(c1cc(-c2ccccc2)ccc1O)c1cc(-c2ccccc2)ccc1O.CCCO.CCCO.CCCO.CCOC.CCOC.CCOC. The Morgan fingerprint density at radius 3 is 0.859 bits per heavy atom. The number of benzene rings is 6. The van der Waals surface area contributed by atoms with Crippen LogP contribution in [0.3, 0.4) is 0 Å². The van der Waals surface area contributed by atoms with E-state index in [-0.39, 0.29) is 11.5 Å². The third-order valence-electron chi connectivity index (χ3n) is 9.39. The number of aliphatic hydroxyl groups excluding tert-OH is 3. The van der Waals surface area contributed by atoms with E-state index in [9.17, 15) is 10.2 Å². The summed E-state index contributed by atoms with van der Waals surface area (Å²) in [5.41, 5.74) is 7.92. The molecule has 6 aromatic rings. The van der Waals surface area contributed by atoms with Gasteiger partial charge in [-0.05, 0) is 110 Å². The van der Waals surface area contributed by atoms with Crippen LogP contribution < -0.4 is 0 Å². The van der Waals surface area contributed by atoms with Crippen molar-refractivity contribution in [2.75, 3.05) is 61.0 Å². The van der Waals surface area contributed by atoms with Gasteiger partial charge in [-0.15, -0.1) is 0 Å². The molecule has 0 heterocycles. The van der Waals surface area contributed by atoms with Gasteiger partial charge < -0.3 is 39.7 Å². The number of hydrogen-bond donors (Lipinski definition) is 5. The Labute approximate surface area is 385 Å². The zero-order chi connectivity index (χ0) is 48.0. The number of phenols is 2. The Kier molecular flexibility index (Phi) is 34.0. The minimum atomic E-state index is -0.862. The van der Waals surface area contributed by atoms with E-state index in [0.717, 1.165) is 89.2 Å². The smallest absolute Gasteiger partial charge is 0.120 e. The molecule has 0 amide bonds. The lowest BCUT2D eigenvalue weighted by Crippen LogP contribution is -2.26. The Hall–Kier alpha value is -5.32. The number of aliphatic hydroxyl groups is 3. The normalized spacial score (nSPS) is 9.89. The molecule has 0 aromatic heterocycles. The molecule has 0 radical (unpaired) electrons. The van der Waals surface area contributed by atoms with E-state index in [0.29, 0.717) is 19.8 Å². The van der Waals surface area contributed by atoms with Crippen LogP contribution in [0.1, 0.15) is 84.4 Å². The van der Waals surface area contributed by atoms with Crippen molar-refractivity contribution >= 4 is 0 Å². The number of aromatic hydroxyl groups is 2. The summed E-state index contributed by atoms with van der Waals surface area (Å²) in [6, 6.07) is 50.5. The van der Waals surface area contributed by atoms with E-state index >= 15 is 0 Å². The summed E-state index contributed by atoms with van der Waals surface area (Å²) in [5, 5.41) is 46.4. The van der Waals surface area contributed by atoms with Crippen molar-refractivity contribution < 1.29 is 39.7 Å². The fourth-order valence-corrected chi connectivity index (χ4v) is 5.58. The summed E-state index contributed by atoms with van der Waals surface area (Å²) in [6.07, 6.45) is 2.62. The quantitative estimate of drug-likeness (QED) is 0.0769.